The van der Waals surface area contributed by atoms with Crippen molar-refractivity contribution in [3.05, 3.63) is 40.6 Å². The second-order valence-corrected chi connectivity index (χ2v) is 8.84. The number of nitrogens with zero attached hydrogens (tertiary/aromatic N) is 3. The molecule has 1 aromatic heterocycles. The van der Waals surface area contributed by atoms with Crippen LogP contribution in [0, 0.1) is 0 Å². The first kappa shape index (κ1) is 23.2. The van der Waals surface area contributed by atoms with Gasteiger partial charge in [-0.05, 0) is 38.9 Å². The molecule has 1 aliphatic heterocycles. The van der Waals surface area contributed by atoms with Crippen molar-refractivity contribution in [2.75, 3.05) is 59.4 Å². The van der Waals surface area contributed by atoms with Crippen molar-refractivity contribution in [3.63, 3.8) is 0 Å². The molecule has 0 amide bonds. The van der Waals surface area contributed by atoms with Crippen molar-refractivity contribution >= 4 is 23.0 Å². The highest BCUT2D eigenvalue weighted by Gasteiger charge is 2.24. The van der Waals surface area contributed by atoms with Gasteiger partial charge in [0.2, 0.25) is 0 Å². The number of benzene rings is 1. The minimum absolute atomic E-state index is 0.278. The highest BCUT2D eigenvalue weighted by Crippen LogP contribution is 2.30. The van der Waals surface area contributed by atoms with Gasteiger partial charge in [0, 0.05) is 54.4 Å². The maximum absolute atomic E-state index is 5.43. The first-order valence-corrected chi connectivity index (χ1v) is 11.6. The smallest absolute Gasteiger partial charge is 0.191 e. The highest BCUT2D eigenvalue weighted by molar-refractivity contribution is 7.10. The summed E-state index contributed by atoms with van der Waals surface area (Å²) in [5.41, 5.74) is 1.12. The van der Waals surface area contributed by atoms with Gasteiger partial charge in [-0.15, -0.1) is 11.3 Å². The zero-order valence-electron chi connectivity index (χ0n) is 19.2. The van der Waals surface area contributed by atoms with Gasteiger partial charge in [-0.1, -0.05) is 6.07 Å². The minimum Gasteiger partial charge on any atom is -0.497 e. The third kappa shape index (κ3) is 6.27. The molecule has 1 aromatic carbocycles. The molecule has 3 rings (SSSR count). The van der Waals surface area contributed by atoms with E-state index in [0.717, 1.165) is 49.2 Å². The Kier molecular flexibility index (Phi) is 8.43. The van der Waals surface area contributed by atoms with Gasteiger partial charge in [-0.25, -0.2) is 0 Å². The number of guanidine groups is 1. The molecule has 1 saturated heterocycles. The molecule has 7 nitrogen and oxygen atoms in total. The molecule has 0 aliphatic carbocycles. The van der Waals surface area contributed by atoms with Crippen LogP contribution in [0.2, 0.25) is 0 Å². The van der Waals surface area contributed by atoms with E-state index in [9.17, 15) is 0 Å². The van der Waals surface area contributed by atoms with Gasteiger partial charge in [-0.2, -0.15) is 0 Å². The van der Waals surface area contributed by atoms with E-state index >= 15 is 0 Å². The van der Waals surface area contributed by atoms with E-state index in [2.05, 4.69) is 71.1 Å². The maximum atomic E-state index is 5.43. The molecule has 0 saturated carbocycles. The van der Waals surface area contributed by atoms with Gasteiger partial charge in [0.25, 0.3) is 0 Å². The van der Waals surface area contributed by atoms with Crippen molar-refractivity contribution in [3.8, 4) is 11.5 Å². The lowest BCUT2D eigenvalue weighted by atomic mass is 10.2. The zero-order chi connectivity index (χ0) is 22.2. The summed E-state index contributed by atoms with van der Waals surface area (Å²) in [4.78, 5) is 10.8. The molecule has 2 unspecified atom stereocenters. The molecule has 2 heterocycles. The Hall–Kier alpha value is -2.45. The summed E-state index contributed by atoms with van der Waals surface area (Å²) in [6.45, 7) is 5.53. The number of likely N-dealkylation sites (N-methyl/N-ethyl adjacent to an activating group) is 1. The van der Waals surface area contributed by atoms with E-state index < -0.39 is 0 Å². The molecule has 8 heteroatoms. The van der Waals surface area contributed by atoms with Crippen LogP contribution in [0.3, 0.4) is 0 Å². The molecule has 2 aromatic rings. The Balaban J connectivity index is 1.65. The average molecular weight is 446 g/mol. The van der Waals surface area contributed by atoms with Crippen LogP contribution < -0.4 is 25.0 Å². The minimum atomic E-state index is 0.278. The van der Waals surface area contributed by atoms with Crippen LogP contribution in [-0.4, -0.2) is 71.4 Å². The van der Waals surface area contributed by atoms with Gasteiger partial charge in [0.1, 0.15) is 11.5 Å². The fourth-order valence-electron chi connectivity index (χ4n) is 3.77. The molecular weight excluding hydrogens is 410 g/mol. The van der Waals surface area contributed by atoms with E-state index in [1.165, 1.54) is 4.88 Å². The Morgan fingerprint density at radius 1 is 1.26 bits per heavy atom. The van der Waals surface area contributed by atoms with E-state index in [-0.39, 0.29) is 6.04 Å². The zero-order valence-corrected chi connectivity index (χ0v) is 20.0. The lowest BCUT2D eigenvalue weighted by Gasteiger charge is -2.23. The molecule has 170 valence electrons. The summed E-state index contributed by atoms with van der Waals surface area (Å²) in [5, 5.41) is 9.16. The van der Waals surface area contributed by atoms with Gasteiger partial charge >= 0.3 is 0 Å². The van der Waals surface area contributed by atoms with Crippen molar-refractivity contribution in [2.45, 2.75) is 25.4 Å². The van der Waals surface area contributed by atoms with Gasteiger partial charge in [-0.3, -0.25) is 4.99 Å². The van der Waals surface area contributed by atoms with E-state index in [1.807, 2.05) is 6.07 Å². The average Bonchev–Trinajstić information content (AvgIpc) is 3.46. The molecule has 0 bridgehead atoms. The Morgan fingerprint density at radius 3 is 2.58 bits per heavy atom. The summed E-state index contributed by atoms with van der Waals surface area (Å²) in [6.07, 6.45) is 1.05. The molecular formula is C23H35N5O2S. The van der Waals surface area contributed by atoms with E-state index in [0.29, 0.717) is 12.6 Å². The SMILES string of the molecule is CCNC(=NCC(c1cccs1)N(C)C)NC1CCN(c2cc(OC)cc(OC)c2)C1. The van der Waals surface area contributed by atoms with Crippen LogP contribution in [0.1, 0.15) is 24.3 Å². The van der Waals surface area contributed by atoms with Gasteiger partial charge in [0.05, 0.1) is 26.8 Å². The molecule has 2 atom stereocenters. The van der Waals surface area contributed by atoms with Crippen LogP contribution in [0.15, 0.2) is 40.7 Å². The van der Waals surface area contributed by atoms with Crippen LogP contribution in [0.4, 0.5) is 5.69 Å². The third-order valence-corrected chi connectivity index (χ3v) is 6.47. The lowest BCUT2D eigenvalue weighted by molar-refractivity contribution is 0.310. The predicted octanol–water partition coefficient (Wildman–Crippen LogP) is 3.20. The molecule has 0 radical (unpaired) electrons. The standard InChI is InChI=1S/C23H35N5O2S/c1-6-24-23(25-15-21(27(2)3)22-8-7-11-31-22)26-17-9-10-28(16-17)18-12-19(29-4)14-20(13-18)30-5/h7-8,11-14,17,21H,6,9-10,15-16H2,1-5H3,(H2,24,25,26). The largest absolute Gasteiger partial charge is 0.497 e. The van der Waals surface area contributed by atoms with Gasteiger partial charge < -0.3 is 29.9 Å². The number of hydrogen-bond acceptors (Lipinski definition) is 6. The summed E-state index contributed by atoms with van der Waals surface area (Å²) in [6, 6.07) is 10.9. The summed E-state index contributed by atoms with van der Waals surface area (Å²) in [5.74, 6) is 2.49. The normalized spacial score (nSPS) is 17.7. The van der Waals surface area contributed by atoms with Crippen molar-refractivity contribution in [1.82, 2.24) is 15.5 Å². The maximum Gasteiger partial charge on any atom is 0.191 e. The van der Waals surface area contributed by atoms with Crippen molar-refractivity contribution < 1.29 is 9.47 Å². The molecule has 2 N–H and O–H groups in total. The number of hydrogen-bond donors (Lipinski definition) is 2. The monoisotopic (exact) mass is 445 g/mol. The Labute approximate surface area is 190 Å². The molecule has 0 spiro atoms. The quantitative estimate of drug-likeness (QED) is 0.457. The van der Waals surface area contributed by atoms with Crippen molar-refractivity contribution in [2.24, 2.45) is 4.99 Å². The first-order chi connectivity index (χ1) is 15.0. The number of thiophene rings is 1. The number of rotatable bonds is 9. The second kappa shape index (κ2) is 11.2. The topological polar surface area (TPSA) is 61.4 Å². The fraction of sp³-hybridized carbons (Fsp3) is 0.522. The van der Waals surface area contributed by atoms with Crippen LogP contribution in [0.25, 0.3) is 0 Å². The van der Waals surface area contributed by atoms with E-state index in [1.54, 1.807) is 25.6 Å². The van der Waals surface area contributed by atoms with Crippen LogP contribution >= 0.6 is 11.3 Å². The van der Waals surface area contributed by atoms with Crippen molar-refractivity contribution in [1.29, 1.82) is 0 Å². The number of nitrogens with one attached hydrogen (secondary N) is 2. The first-order valence-electron chi connectivity index (χ1n) is 10.8. The summed E-state index contributed by atoms with van der Waals surface area (Å²) in [7, 11) is 7.58. The number of methoxy groups -OCH3 is 2. The van der Waals surface area contributed by atoms with Crippen LogP contribution in [-0.2, 0) is 0 Å². The van der Waals surface area contributed by atoms with Gasteiger partial charge in [0.15, 0.2) is 5.96 Å². The van der Waals surface area contributed by atoms with E-state index in [4.69, 9.17) is 14.5 Å². The Bertz CT molecular complexity index is 818. The lowest BCUT2D eigenvalue weighted by Crippen LogP contribution is -2.45. The fourth-order valence-corrected chi connectivity index (χ4v) is 4.68. The number of anilines is 1. The van der Waals surface area contributed by atoms with Crippen LogP contribution in [0.5, 0.6) is 11.5 Å². The molecule has 31 heavy (non-hydrogen) atoms. The summed E-state index contributed by atoms with van der Waals surface area (Å²) >= 11 is 1.78. The number of ether oxygens (including phenoxy) is 2. The molecule has 1 aliphatic rings. The second-order valence-electron chi connectivity index (χ2n) is 7.86. The summed E-state index contributed by atoms with van der Waals surface area (Å²) < 4.78 is 10.9. The predicted molar refractivity (Wildman–Crippen MR) is 130 cm³/mol. The highest BCUT2D eigenvalue weighted by atomic mass is 32.1. The Morgan fingerprint density at radius 2 is 2.00 bits per heavy atom. The number of aliphatic imine (C=N–C) groups is 1. The third-order valence-electron chi connectivity index (χ3n) is 5.49. The molecule has 1 fully saturated rings.